The number of rotatable bonds is 5. The Morgan fingerprint density at radius 2 is 1.96 bits per heavy atom. The predicted octanol–water partition coefficient (Wildman–Crippen LogP) is 3.98. The average molecular weight is 408 g/mol. The zero-order valence-corrected chi connectivity index (χ0v) is 17.1. The molecule has 0 radical (unpaired) electrons. The molecule has 1 aromatic heterocycles. The molecule has 2 fully saturated rings. The van der Waals surface area contributed by atoms with Gasteiger partial charge in [0, 0.05) is 36.5 Å². The maximum atomic E-state index is 13.3. The molecule has 146 valence electrons. The Hall–Kier alpha value is -1.08. The van der Waals surface area contributed by atoms with Gasteiger partial charge < -0.3 is 4.74 Å². The van der Waals surface area contributed by atoms with Crippen LogP contribution in [0.2, 0.25) is 5.02 Å². The lowest BCUT2D eigenvalue weighted by Crippen LogP contribution is -2.37. The first-order valence-electron chi connectivity index (χ1n) is 9.87. The van der Waals surface area contributed by atoms with Crippen LogP contribution < -0.4 is 5.56 Å². The van der Waals surface area contributed by atoms with E-state index in [2.05, 4.69) is 4.90 Å². The topological polar surface area (TPSA) is 47.4 Å². The minimum Gasteiger partial charge on any atom is -0.379 e. The van der Waals surface area contributed by atoms with E-state index in [0.717, 1.165) is 56.6 Å². The number of hydrogen-bond donors (Lipinski definition) is 0. The lowest BCUT2D eigenvalue weighted by molar-refractivity contribution is 0.0410. The third-order valence-electron chi connectivity index (χ3n) is 5.51. The summed E-state index contributed by atoms with van der Waals surface area (Å²) in [6, 6.07) is 5.66. The van der Waals surface area contributed by atoms with Gasteiger partial charge in [-0.05, 0) is 31.0 Å². The number of ether oxygens (including phenoxy) is 1. The fourth-order valence-corrected chi connectivity index (χ4v) is 5.24. The lowest BCUT2D eigenvalue weighted by atomic mass is 9.95. The van der Waals surface area contributed by atoms with E-state index in [1.54, 1.807) is 23.9 Å². The van der Waals surface area contributed by atoms with Crippen LogP contribution in [0.4, 0.5) is 0 Å². The minimum atomic E-state index is 0.0810. The average Bonchev–Trinajstić information content (AvgIpc) is 2.69. The molecule has 1 saturated carbocycles. The van der Waals surface area contributed by atoms with Crippen molar-refractivity contribution < 1.29 is 4.74 Å². The van der Waals surface area contributed by atoms with E-state index in [4.69, 9.17) is 21.3 Å². The molecule has 0 spiro atoms. The Bertz CT molecular complexity index is 845. The smallest absolute Gasteiger partial charge is 0.262 e. The van der Waals surface area contributed by atoms with Crippen LogP contribution in [0, 0.1) is 0 Å². The van der Waals surface area contributed by atoms with Gasteiger partial charge in [0.05, 0.1) is 24.1 Å². The summed E-state index contributed by atoms with van der Waals surface area (Å²) < 4.78 is 7.39. The van der Waals surface area contributed by atoms with Crippen LogP contribution in [0.25, 0.3) is 10.9 Å². The number of aromatic nitrogens is 2. The van der Waals surface area contributed by atoms with Crippen LogP contribution in [-0.4, -0.2) is 53.1 Å². The highest BCUT2D eigenvalue weighted by Gasteiger charge is 2.22. The van der Waals surface area contributed by atoms with E-state index in [9.17, 15) is 4.79 Å². The molecule has 0 bridgehead atoms. The van der Waals surface area contributed by atoms with Gasteiger partial charge in [-0.15, -0.1) is 0 Å². The van der Waals surface area contributed by atoms with Gasteiger partial charge in [-0.1, -0.05) is 42.6 Å². The van der Waals surface area contributed by atoms with Gasteiger partial charge in [-0.2, -0.15) is 0 Å². The zero-order chi connectivity index (χ0) is 18.6. The zero-order valence-electron chi connectivity index (χ0n) is 15.5. The molecule has 5 nitrogen and oxygen atoms in total. The maximum Gasteiger partial charge on any atom is 0.262 e. The van der Waals surface area contributed by atoms with E-state index >= 15 is 0 Å². The molecule has 0 N–H and O–H groups in total. The molecule has 0 amide bonds. The highest BCUT2D eigenvalue weighted by Crippen LogP contribution is 2.31. The molecule has 0 atom stereocenters. The summed E-state index contributed by atoms with van der Waals surface area (Å²) in [4.78, 5) is 20.5. The minimum absolute atomic E-state index is 0.0810. The van der Waals surface area contributed by atoms with Crippen LogP contribution in [0.15, 0.2) is 28.2 Å². The molecule has 4 rings (SSSR count). The second-order valence-corrected chi connectivity index (χ2v) is 8.82. The number of hydrogen-bond acceptors (Lipinski definition) is 5. The Balaban J connectivity index is 1.62. The molecule has 27 heavy (non-hydrogen) atoms. The summed E-state index contributed by atoms with van der Waals surface area (Å²) in [5.74, 6) is 0.922. The van der Waals surface area contributed by atoms with Gasteiger partial charge in [0.2, 0.25) is 0 Å². The largest absolute Gasteiger partial charge is 0.379 e. The van der Waals surface area contributed by atoms with Crippen molar-refractivity contribution in [3.8, 4) is 0 Å². The van der Waals surface area contributed by atoms with Gasteiger partial charge in [0.15, 0.2) is 5.16 Å². The van der Waals surface area contributed by atoms with Crippen LogP contribution in [0.1, 0.15) is 38.1 Å². The highest BCUT2D eigenvalue weighted by molar-refractivity contribution is 7.99. The number of thioether (sulfide) groups is 1. The van der Waals surface area contributed by atoms with Gasteiger partial charge in [-0.25, -0.2) is 4.98 Å². The molecular weight excluding hydrogens is 382 g/mol. The van der Waals surface area contributed by atoms with E-state index in [0.29, 0.717) is 15.9 Å². The first kappa shape index (κ1) is 19.2. The summed E-state index contributed by atoms with van der Waals surface area (Å²) in [6.45, 7) is 4.57. The van der Waals surface area contributed by atoms with Crippen LogP contribution in [-0.2, 0) is 4.74 Å². The van der Waals surface area contributed by atoms with E-state index < -0.39 is 0 Å². The van der Waals surface area contributed by atoms with Crippen molar-refractivity contribution in [2.75, 3.05) is 38.6 Å². The third kappa shape index (κ3) is 4.50. The van der Waals surface area contributed by atoms with Crippen molar-refractivity contribution in [2.45, 2.75) is 43.3 Å². The standard InChI is InChI=1S/C20H26ClN3O2S/c21-15-6-7-17-18(14-15)22-20(27-13-10-23-8-11-26-12-9-23)24(19(17)25)16-4-2-1-3-5-16/h6-7,14,16H,1-5,8-13H2. The van der Waals surface area contributed by atoms with Crippen molar-refractivity contribution in [1.29, 1.82) is 0 Å². The van der Waals surface area contributed by atoms with Crippen LogP contribution >= 0.6 is 23.4 Å². The fourth-order valence-electron chi connectivity index (χ4n) is 4.01. The summed E-state index contributed by atoms with van der Waals surface area (Å²) in [5.41, 5.74) is 0.783. The quantitative estimate of drug-likeness (QED) is 0.554. The molecule has 1 aliphatic heterocycles. The molecule has 1 aromatic carbocycles. The highest BCUT2D eigenvalue weighted by atomic mass is 35.5. The monoisotopic (exact) mass is 407 g/mol. The van der Waals surface area contributed by atoms with Crippen molar-refractivity contribution in [2.24, 2.45) is 0 Å². The van der Waals surface area contributed by atoms with E-state index in [-0.39, 0.29) is 11.6 Å². The molecule has 1 aliphatic carbocycles. The molecule has 2 heterocycles. The Morgan fingerprint density at radius 1 is 1.19 bits per heavy atom. The Morgan fingerprint density at radius 3 is 2.74 bits per heavy atom. The number of nitrogens with zero attached hydrogens (tertiary/aromatic N) is 3. The van der Waals surface area contributed by atoms with E-state index in [1.807, 2.05) is 10.6 Å². The number of morpholine rings is 1. The van der Waals surface area contributed by atoms with Crippen LogP contribution in [0.5, 0.6) is 0 Å². The van der Waals surface area contributed by atoms with Gasteiger partial charge in [0.25, 0.3) is 5.56 Å². The van der Waals surface area contributed by atoms with Crippen molar-refractivity contribution >= 4 is 34.3 Å². The SMILES string of the molecule is O=c1c2ccc(Cl)cc2nc(SCCN2CCOCC2)n1C1CCCCC1. The fraction of sp³-hybridized carbons (Fsp3) is 0.600. The van der Waals surface area contributed by atoms with Gasteiger partial charge in [0.1, 0.15) is 0 Å². The summed E-state index contributed by atoms with van der Waals surface area (Å²) in [5, 5.41) is 2.13. The Labute approximate surface area is 169 Å². The summed E-state index contributed by atoms with van der Waals surface area (Å²) >= 11 is 7.84. The second-order valence-electron chi connectivity index (χ2n) is 7.33. The molecule has 1 saturated heterocycles. The lowest BCUT2D eigenvalue weighted by Gasteiger charge is -2.28. The number of halogens is 1. The summed E-state index contributed by atoms with van der Waals surface area (Å²) in [7, 11) is 0. The molecule has 2 aromatic rings. The summed E-state index contributed by atoms with van der Waals surface area (Å²) in [6.07, 6.45) is 5.78. The molecular formula is C20H26ClN3O2S. The second kappa shape index (κ2) is 8.95. The normalized spacial score (nSPS) is 19.6. The predicted molar refractivity (Wildman–Crippen MR) is 111 cm³/mol. The number of benzene rings is 1. The molecule has 2 aliphatic rings. The van der Waals surface area contributed by atoms with Gasteiger partial charge in [-0.3, -0.25) is 14.3 Å². The first-order chi connectivity index (χ1) is 13.2. The first-order valence-corrected chi connectivity index (χ1v) is 11.2. The van der Waals surface area contributed by atoms with Crippen molar-refractivity contribution in [1.82, 2.24) is 14.5 Å². The van der Waals surface area contributed by atoms with E-state index in [1.165, 1.54) is 19.3 Å². The molecule has 0 unspecified atom stereocenters. The van der Waals surface area contributed by atoms with Crippen molar-refractivity contribution in [3.63, 3.8) is 0 Å². The van der Waals surface area contributed by atoms with Gasteiger partial charge >= 0.3 is 0 Å². The third-order valence-corrected chi connectivity index (χ3v) is 6.68. The van der Waals surface area contributed by atoms with Crippen LogP contribution in [0.3, 0.4) is 0 Å². The maximum absolute atomic E-state index is 13.3. The Kier molecular flexibility index (Phi) is 6.38. The molecule has 7 heteroatoms. The van der Waals surface area contributed by atoms with Crippen molar-refractivity contribution in [3.05, 3.63) is 33.6 Å². The number of fused-ring (bicyclic) bond motifs is 1.